The minimum absolute atomic E-state index is 0.0261. The Bertz CT molecular complexity index is 2240. The molecule has 1 saturated heterocycles. The van der Waals surface area contributed by atoms with Gasteiger partial charge in [0.25, 0.3) is 11.4 Å². The normalized spacial score (nSPS) is 33.2. The number of benzene rings is 2. The molecule has 0 amide bonds. The van der Waals surface area contributed by atoms with Crippen molar-refractivity contribution in [2.75, 3.05) is 26.9 Å². The summed E-state index contributed by atoms with van der Waals surface area (Å²) in [5.74, 6) is -3.98. The molecule has 3 unspecified atom stereocenters. The van der Waals surface area contributed by atoms with Crippen molar-refractivity contribution in [3.8, 4) is 23.0 Å². The molecule has 17 nitrogen and oxygen atoms in total. The number of rotatable bonds is 13. The second-order valence-electron chi connectivity index (χ2n) is 17.5. The van der Waals surface area contributed by atoms with Crippen LogP contribution in [-0.2, 0) is 33.4 Å². The van der Waals surface area contributed by atoms with Crippen LogP contribution in [0, 0.1) is 32.8 Å². The van der Waals surface area contributed by atoms with Crippen LogP contribution in [-0.4, -0.2) is 90.1 Å². The summed E-state index contributed by atoms with van der Waals surface area (Å²) in [6.45, 7) is 5.66. The summed E-state index contributed by atoms with van der Waals surface area (Å²) in [6, 6.07) is 9.30. The number of Topliss-reactive ketones (excluding diaryl/α,β-unsaturated/α-hetero) is 1. The average Bonchev–Trinajstić information content (AvgIpc) is 3.86. The number of esters is 1. The minimum atomic E-state index is -2.16. The van der Waals surface area contributed by atoms with Crippen LogP contribution < -0.4 is 18.9 Å². The maximum absolute atomic E-state index is 17.9. The number of ether oxygens (including phenoxy) is 8. The molecular formula is C44H48FNO16. The highest BCUT2D eigenvalue weighted by atomic mass is 19.1. The summed E-state index contributed by atoms with van der Waals surface area (Å²) >= 11 is 0. The molecule has 1 N–H and O–H groups in total. The van der Waals surface area contributed by atoms with Gasteiger partial charge in [-0.2, -0.15) is 0 Å². The minimum Gasteiger partial charge on any atom is -0.497 e. The van der Waals surface area contributed by atoms with Crippen LogP contribution in [0.15, 0.2) is 60.2 Å². The maximum Gasteiger partial charge on any atom is 0.514 e. The molecule has 0 radical (unpaired) electrons. The van der Waals surface area contributed by atoms with Gasteiger partial charge in [-0.15, -0.1) is 10.1 Å². The Hall–Kier alpha value is -5.59. The first-order valence-corrected chi connectivity index (χ1v) is 20.5. The number of hydrogen-bond donors (Lipinski definition) is 1. The van der Waals surface area contributed by atoms with Gasteiger partial charge in [0.1, 0.15) is 5.75 Å². The van der Waals surface area contributed by atoms with Crippen LogP contribution >= 0.6 is 0 Å². The van der Waals surface area contributed by atoms with Crippen LogP contribution in [0.1, 0.15) is 88.4 Å². The molecular weight excluding hydrogens is 817 g/mol. The van der Waals surface area contributed by atoms with Crippen LogP contribution in [0.5, 0.6) is 23.0 Å². The van der Waals surface area contributed by atoms with Gasteiger partial charge in [0.05, 0.1) is 38.1 Å². The molecule has 0 bridgehead atoms. The van der Waals surface area contributed by atoms with Crippen LogP contribution in [0.25, 0.3) is 0 Å². The number of carbonyl (C=O) groups is 4. The highest BCUT2D eigenvalue weighted by Gasteiger charge is 2.80. The Morgan fingerprint density at radius 1 is 1.02 bits per heavy atom. The van der Waals surface area contributed by atoms with Gasteiger partial charge < -0.3 is 47.8 Å². The third-order valence-corrected chi connectivity index (χ3v) is 13.6. The number of aliphatic hydroxyl groups excluding tert-OH is 1. The van der Waals surface area contributed by atoms with Crippen molar-refractivity contribution in [2.24, 2.45) is 22.7 Å². The van der Waals surface area contributed by atoms with Crippen molar-refractivity contribution in [3.05, 3.63) is 81.4 Å². The van der Waals surface area contributed by atoms with Gasteiger partial charge in [0, 0.05) is 22.3 Å². The molecule has 3 saturated carbocycles. The number of unbranched alkanes of at least 4 members (excludes halogenated alkanes) is 1. The third kappa shape index (κ3) is 6.95. The molecule has 0 spiro atoms. The zero-order valence-corrected chi connectivity index (χ0v) is 34.8. The molecule has 9 atom stereocenters. The average molecular weight is 866 g/mol. The lowest BCUT2D eigenvalue weighted by Crippen LogP contribution is -2.70. The standard InChI is InChI=1S/C44H48FNO16/c1-40(2)61-35-21-30-29-13-10-26-20-27(47)14-15-41(26,3)43(29,45)33(48)22-42(30,4)44(35,62-40)34(49)23-56-39(51)59-32-19-25(37(50)55-16-6-7-17-57-46(52)53)18-31-36(32)60-38(58-31)24-8-11-28(54-5)12-9-24/h8-9,11-12,14-15,18-20,29-30,33,35,38,48H,6-7,10,13,16-17,21-23H2,1-5H3/t29?,30?,33-,35+,38?,41-,42-,43-,44+/m0/s1. The quantitative estimate of drug-likeness (QED) is 0.0772. The van der Waals surface area contributed by atoms with Crippen molar-refractivity contribution in [3.63, 3.8) is 0 Å². The number of halogens is 1. The van der Waals surface area contributed by atoms with E-state index < -0.39 is 87.8 Å². The van der Waals surface area contributed by atoms with Crippen LogP contribution in [0.2, 0.25) is 0 Å². The zero-order chi connectivity index (χ0) is 44.4. The Kier molecular flexibility index (Phi) is 10.9. The number of alkyl halides is 1. The lowest BCUT2D eigenvalue weighted by atomic mass is 9.44. The van der Waals surface area contributed by atoms with E-state index in [2.05, 4.69) is 4.84 Å². The van der Waals surface area contributed by atoms with E-state index in [1.165, 1.54) is 31.4 Å². The summed E-state index contributed by atoms with van der Waals surface area (Å²) in [4.78, 5) is 68.4. The fraction of sp³-hybridized carbons (Fsp3) is 0.545. The first-order valence-electron chi connectivity index (χ1n) is 20.5. The van der Waals surface area contributed by atoms with Crippen LogP contribution in [0.3, 0.4) is 0 Å². The molecule has 2 aliphatic heterocycles. The smallest absolute Gasteiger partial charge is 0.497 e. The van der Waals surface area contributed by atoms with E-state index in [-0.39, 0.29) is 67.5 Å². The predicted octanol–water partition coefficient (Wildman–Crippen LogP) is 6.27. The molecule has 4 fully saturated rings. The number of nitrogens with zero attached hydrogens (tertiary/aromatic N) is 1. The Morgan fingerprint density at radius 2 is 1.76 bits per heavy atom. The molecule has 8 rings (SSSR count). The topological polar surface area (TPSA) is 215 Å². The first-order chi connectivity index (χ1) is 29.3. The lowest BCUT2D eigenvalue weighted by Gasteiger charge is -2.62. The number of methoxy groups -OCH3 is 1. The van der Waals surface area contributed by atoms with Gasteiger partial charge in [-0.3, -0.25) is 9.59 Å². The highest BCUT2D eigenvalue weighted by Crippen LogP contribution is 2.72. The molecule has 62 heavy (non-hydrogen) atoms. The second kappa shape index (κ2) is 15.6. The van der Waals surface area contributed by atoms with Gasteiger partial charge in [0.2, 0.25) is 11.5 Å². The summed E-state index contributed by atoms with van der Waals surface area (Å²) in [7, 11) is 1.52. The molecule has 332 valence electrons. The van der Waals surface area contributed by atoms with E-state index in [9.17, 15) is 34.4 Å². The van der Waals surface area contributed by atoms with Crippen LogP contribution in [0.4, 0.5) is 9.18 Å². The number of ketones is 2. The SMILES string of the molecule is COc1ccc(C2Oc3cc(C(=O)OCCCCO[N+](=O)[O-])cc(OC(=O)OCC(=O)[C@@]45OC(C)(C)O[C@@H]4CC4C6CCC7=CC(=O)C=C[C@]7(C)[C@@]6(F)[C@@H](O)C[C@@]45C)c3O2)cc1. The van der Waals surface area contributed by atoms with Crippen molar-refractivity contribution in [1.29, 1.82) is 0 Å². The molecule has 2 aromatic rings. The number of fused-ring (bicyclic) bond motifs is 8. The van der Waals surface area contributed by atoms with Gasteiger partial charge in [-0.05, 0) is 114 Å². The monoisotopic (exact) mass is 865 g/mol. The van der Waals surface area contributed by atoms with E-state index in [1.807, 2.05) is 0 Å². The van der Waals surface area contributed by atoms with E-state index in [0.717, 1.165) is 0 Å². The van der Waals surface area contributed by atoms with Gasteiger partial charge in [-0.1, -0.05) is 18.6 Å². The molecule has 18 heteroatoms. The Morgan fingerprint density at radius 3 is 2.48 bits per heavy atom. The molecule has 4 aliphatic carbocycles. The number of hydrogen-bond acceptors (Lipinski definition) is 16. The second-order valence-corrected chi connectivity index (χ2v) is 17.5. The predicted molar refractivity (Wildman–Crippen MR) is 209 cm³/mol. The number of aliphatic hydroxyl groups is 1. The molecule has 2 heterocycles. The summed E-state index contributed by atoms with van der Waals surface area (Å²) in [5.41, 5.74) is -5.27. The molecule has 6 aliphatic rings. The van der Waals surface area contributed by atoms with Gasteiger partial charge in [-0.25, -0.2) is 14.0 Å². The van der Waals surface area contributed by atoms with E-state index in [4.69, 9.17) is 37.9 Å². The summed E-state index contributed by atoms with van der Waals surface area (Å²) in [6.07, 6.45) is 0.822. The summed E-state index contributed by atoms with van der Waals surface area (Å²) < 4.78 is 64.4. The summed E-state index contributed by atoms with van der Waals surface area (Å²) in [5, 5.41) is 21.4. The van der Waals surface area contributed by atoms with Gasteiger partial charge >= 0.3 is 12.1 Å². The number of allylic oxidation sites excluding steroid dienone is 4. The fourth-order valence-electron chi connectivity index (χ4n) is 10.9. The Labute approximate surface area is 355 Å². The van der Waals surface area contributed by atoms with Gasteiger partial charge in [0.15, 0.2) is 40.9 Å². The van der Waals surface area contributed by atoms with E-state index in [1.54, 1.807) is 58.0 Å². The third-order valence-electron chi connectivity index (χ3n) is 13.6. The molecule has 2 aromatic carbocycles. The Balaban J connectivity index is 1.01. The van der Waals surface area contributed by atoms with Crippen molar-refractivity contribution in [1.82, 2.24) is 0 Å². The zero-order valence-electron chi connectivity index (χ0n) is 34.8. The highest BCUT2D eigenvalue weighted by molar-refractivity contribution is 6.01. The van der Waals surface area contributed by atoms with Crippen molar-refractivity contribution < 1.29 is 76.5 Å². The van der Waals surface area contributed by atoms with E-state index in [0.29, 0.717) is 29.7 Å². The van der Waals surface area contributed by atoms with E-state index >= 15 is 4.39 Å². The fourth-order valence-corrected chi connectivity index (χ4v) is 10.9. The van der Waals surface area contributed by atoms with Crippen molar-refractivity contribution in [2.45, 2.75) is 102 Å². The lowest BCUT2D eigenvalue weighted by molar-refractivity contribution is -0.757. The maximum atomic E-state index is 17.9. The van der Waals surface area contributed by atoms with Crippen molar-refractivity contribution >= 4 is 23.7 Å². The molecule has 0 aromatic heterocycles. The number of carbonyl (C=O) groups excluding carboxylic acids is 4. The largest absolute Gasteiger partial charge is 0.514 e. The first kappa shape index (κ1) is 43.1.